The van der Waals surface area contributed by atoms with Gasteiger partial charge in [0.2, 0.25) is 0 Å². The highest BCUT2D eigenvalue weighted by Gasteiger charge is 2.08. The van der Waals surface area contributed by atoms with E-state index < -0.39 is 0 Å². The molecule has 0 heterocycles. The molecule has 106 valence electrons. The average molecular weight is 275 g/mol. The normalized spacial score (nSPS) is 10.8. The Labute approximate surface area is 118 Å². The lowest BCUT2D eigenvalue weighted by atomic mass is 9.98. The third kappa shape index (κ3) is 3.64. The zero-order valence-corrected chi connectivity index (χ0v) is 11.8. The molecule has 2 rings (SSSR count). The Balaban J connectivity index is 2.39. The first-order valence-corrected chi connectivity index (χ1v) is 6.87. The first kappa shape index (κ1) is 14.7. The summed E-state index contributed by atoms with van der Waals surface area (Å²) in [5.41, 5.74) is 3.37. The molecule has 0 aliphatic heterocycles. The van der Waals surface area contributed by atoms with Crippen LogP contribution in [0.2, 0.25) is 0 Å². The van der Waals surface area contributed by atoms with Gasteiger partial charge < -0.3 is 5.32 Å². The molecule has 2 aromatic carbocycles. The summed E-state index contributed by atoms with van der Waals surface area (Å²) in [6, 6.07) is 9.54. The summed E-state index contributed by atoms with van der Waals surface area (Å²) in [5, 5.41) is 3.26. The van der Waals surface area contributed by atoms with Gasteiger partial charge in [0.15, 0.2) is 0 Å². The molecule has 0 aliphatic carbocycles. The summed E-state index contributed by atoms with van der Waals surface area (Å²) in [6.07, 6.45) is 1.02. The predicted molar refractivity (Wildman–Crippen MR) is 78.5 cm³/mol. The maximum Gasteiger partial charge on any atom is 0.124 e. The van der Waals surface area contributed by atoms with Gasteiger partial charge in [-0.15, -0.1) is 0 Å². The van der Waals surface area contributed by atoms with Crippen molar-refractivity contribution in [2.75, 3.05) is 6.54 Å². The zero-order valence-electron chi connectivity index (χ0n) is 11.8. The molecule has 0 atom stereocenters. The number of nitrogens with one attached hydrogen (secondary N) is 1. The van der Waals surface area contributed by atoms with E-state index in [0.717, 1.165) is 35.2 Å². The minimum absolute atomic E-state index is 0.267. The fourth-order valence-electron chi connectivity index (χ4n) is 2.28. The van der Waals surface area contributed by atoms with E-state index in [1.807, 2.05) is 13.0 Å². The lowest BCUT2D eigenvalue weighted by molar-refractivity contribution is 0.619. The van der Waals surface area contributed by atoms with E-state index in [9.17, 15) is 8.78 Å². The number of hydrogen-bond donors (Lipinski definition) is 1. The van der Waals surface area contributed by atoms with Crippen molar-refractivity contribution >= 4 is 0 Å². The van der Waals surface area contributed by atoms with Crippen LogP contribution in [0.3, 0.4) is 0 Å². The quantitative estimate of drug-likeness (QED) is 0.795. The molecule has 0 radical (unpaired) electrons. The van der Waals surface area contributed by atoms with E-state index in [0.29, 0.717) is 6.54 Å². The van der Waals surface area contributed by atoms with Crippen LogP contribution in [-0.4, -0.2) is 6.54 Å². The lowest BCUT2D eigenvalue weighted by Crippen LogP contribution is -2.14. The van der Waals surface area contributed by atoms with Gasteiger partial charge in [0.25, 0.3) is 0 Å². The highest BCUT2D eigenvalue weighted by atomic mass is 19.1. The molecule has 0 unspecified atom stereocenters. The molecule has 0 aliphatic rings. The van der Waals surface area contributed by atoms with E-state index in [2.05, 4.69) is 12.2 Å². The Kier molecular flexibility index (Phi) is 4.85. The fourth-order valence-corrected chi connectivity index (χ4v) is 2.28. The molecule has 2 aromatic rings. The van der Waals surface area contributed by atoms with Crippen molar-refractivity contribution in [1.82, 2.24) is 5.32 Å². The third-order valence-electron chi connectivity index (χ3n) is 3.16. The fraction of sp³-hybridized carbons (Fsp3) is 0.294. The van der Waals surface area contributed by atoms with Crippen molar-refractivity contribution < 1.29 is 8.78 Å². The Morgan fingerprint density at radius 3 is 2.50 bits per heavy atom. The first-order chi connectivity index (χ1) is 9.60. The van der Waals surface area contributed by atoms with Crippen molar-refractivity contribution in [2.45, 2.75) is 26.8 Å². The Morgan fingerprint density at radius 1 is 1.00 bits per heavy atom. The van der Waals surface area contributed by atoms with Crippen LogP contribution in [0.5, 0.6) is 0 Å². The highest BCUT2D eigenvalue weighted by molar-refractivity contribution is 5.68. The van der Waals surface area contributed by atoms with Crippen LogP contribution in [0.4, 0.5) is 8.78 Å². The van der Waals surface area contributed by atoms with Gasteiger partial charge in [-0.2, -0.15) is 0 Å². The van der Waals surface area contributed by atoms with Gasteiger partial charge in [0.05, 0.1) is 0 Å². The molecular weight excluding hydrogens is 256 g/mol. The molecule has 0 amide bonds. The molecule has 0 saturated heterocycles. The average Bonchev–Trinajstić information content (AvgIpc) is 2.38. The largest absolute Gasteiger partial charge is 0.313 e. The molecule has 3 heteroatoms. The molecule has 0 fully saturated rings. The van der Waals surface area contributed by atoms with Gasteiger partial charge in [-0.25, -0.2) is 8.78 Å². The van der Waals surface area contributed by atoms with Gasteiger partial charge in [-0.05, 0) is 66.4 Å². The van der Waals surface area contributed by atoms with Crippen LogP contribution >= 0.6 is 0 Å². The van der Waals surface area contributed by atoms with E-state index in [-0.39, 0.29) is 11.6 Å². The van der Waals surface area contributed by atoms with E-state index in [1.54, 1.807) is 6.07 Å². The first-order valence-electron chi connectivity index (χ1n) is 6.87. The monoisotopic (exact) mass is 275 g/mol. The number of benzene rings is 2. The van der Waals surface area contributed by atoms with Crippen molar-refractivity contribution in [2.24, 2.45) is 0 Å². The summed E-state index contributed by atoms with van der Waals surface area (Å²) in [5.74, 6) is -0.535. The Hall–Kier alpha value is -1.74. The van der Waals surface area contributed by atoms with Gasteiger partial charge >= 0.3 is 0 Å². The minimum atomic E-state index is -0.268. The van der Waals surface area contributed by atoms with Crippen molar-refractivity contribution in [3.63, 3.8) is 0 Å². The Bertz CT molecular complexity index is 573. The smallest absolute Gasteiger partial charge is 0.124 e. The summed E-state index contributed by atoms with van der Waals surface area (Å²) < 4.78 is 27.0. The van der Waals surface area contributed by atoms with Crippen LogP contribution in [0.1, 0.15) is 24.5 Å². The van der Waals surface area contributed by atoms with Crippen LogP contribution in [-0.2, 0) is 6.54 Å². The third-order valence-corrected chi connectivity index (χ3v) is 3.16. The van der Waals surface area contributed by atoms with Crippen molar-refractivity contribution in [1.29, 1.82) is 0 Å². The summed E-state index contributed by atoms with van der Waals surface area (Å²) in [6.45, 7) is 5.38. The number of halogens is 2. The molecule has 0 saturated carbocycles. The molecule has 0 bridgehead atoms. The standard InChI is InChI=1S/C17H19F2N/c1-3-6-20-11-14-10-15(18)4-5-17(14)13-7-12(2)8-16(19)9-13/h4-5,7-10,20H,3,6,11H2,1-2H3. The number of hydrogen-bond acceptors (Lipinski definition) is 1. The van der Waals surface area contributed by atoms with Crippen LogP contribution in [0.25, 0.3) is 11.1 Å². The molecule has 0 aromatic heterocycles. The molecular formula is C17H19F2N. The van der Waals surface area contributed by atoms with Gasteiger partial charge in [-0.1, -0.05) is 19.1 Å². The summed E-state index contributed by atoms with van der Waals surface area (Å²) in [7, 11) is 0. The van der Waals surface area contributed by atoms with Gasteiger partial charge in [0, 0.05) is 6.54 Å². The van der Waals surface area contributed by atoms with Crippen LogP contribution in [0.15, 0.2) is 36.4 Å². The maximum absolute atomic E-state index is 13.5. The maximum atomic E-state index is 13.5. The topological polar surface area (TPSA) is 12.0 Å². The van der Waals surface area contributed by atoms with Crippen LogP contribution < -0.4 is 5.32 Å². The number of rotatable bonds is 5. The second-order valence-electron chi connectivity index (χ2n) is 5.00. The lowest BCUT2D eigenvalue weighted by Gasteiger charge is -2.12. The molecule has 0 spiro atoms. The highest BCUT2D eigenvalue weighted by Crippen LogP contribution is 2.26. The minimum Gasteiger partial charge on any atom is -0.313 e. The van der Waals surface area contributed by atoms with Crippen LogP contribution in [0, 0.1) is 18.6 Å². The van der Waals surface area contributed by atoms with Gasteiger partial charge in [-0.3, -0.25) is 0 Å². The van der Waals surface area contributed by atoms with Crippen molar-refractivity contribution in [3.8, 4) is 11.1 Å². The summed E-state index contributed by atoms with van der Waals surface area (Å²) >= 11 is 0. The predicted octanol–water partition coefficient (Wildman–Crippen LogP) is 4.44. The molecule has 20 heavy (non-hydrogen) atoms. The van der Waals surface area contributed by atoms with E-state index in [4.69, 9.17) is 0 Å². The SMILES string of the molecule is CCCNCc1cc(F)ccc1-c1cc(C)cc(F)c1. The molecule has 1 nitrogen and oxygen atoms in total. The second kappa shape index (κ2) is 6.62. The Morgan fingerprint density at radius 2 is 1.80 bits per heavy atom. The zero-order chi connectivity index (χ0) is 14.5. The summed E-state index contributed by atoms with van der Waals surface area (Å²) in [4.78, 5) is 0. The second-order valence-corrected chi connectivity index (χ2v) is 5.00. The van der Waals surface area contributed by atoms with Crippen molar-refractivity contribution in [3.05, 3.63) is 59.2 Å². The van der Waals surface area contributed by atoms with E-state index >= 15 is 0 Å². The van der Waals surface area contributed by atoms with E-state index in [1.165, 1.54) is 24.3 Å². The number of aryl methyl sites for hydroxylation is 1. The molecule has 1 N–H and O–H groups in total. The van der Waals surface area contributed by atoms with Gasteiger partial charge in [0.1, 0.15) is 11.6 Å².